The molecule has 4 aromatic rings. The van der Waals surface area contributed by atoms with Crippen LogP contribution in [0.3, 0.4) is 0 Å². The summed E-state index contributed by atoms with van der Waals surface area (Å²) in [5, 5.41) is 9.34. The van der Waals surface area contributed by atoms with Crippen LogP contribution < -0.4 is 16.2 Å². The Morgan fingerprint density at radius 2 is 2.19 bits per heavy atom. The molecule has 1 aliphatic heterocycles. The van der Waals surface area contributed by atoms with Crippen molar-refractivity contribution in [1.82, 2.24) is 24.5 Å². The molecule has 1 aromatic carbocycles. The standard InChI is InChI=1S/C22H23N7O2/c1-2-3-11-28-20-17(25-22(28)27-10-6-7-15(23)13-27)12-24-29(21(20)30)14-18-16-8-4-5-9-19(16)31-26-18/h4-5,8-9,12,15H,6-7,10-11,13-14,23H2,1H3/t15-/m1/s1. The van der Waals surface area contributed by atoms with E-state index in [2.05, 4.69) is 27.0 Å². The first-order valence-corrected chi connectivity index (χ1v) is 10.4. The Hall–Kier alpha value is -3.64. The van der Waals surface area contributed by atoms with Crippen LogP contribution >= 0.6 is 0 Å². The number of nitrogens with two attached hydrogens (primary N) is 1. The number of para-hydroxylation sites is 1. The normalized spacial score (nSPS) is 16.6. The number of hydrogen-bond donors (Lipinski definition) is 1. The van der Waals surface area contributed by atoms with E-state index in [-0.39, 0.29) is 18.1 Å². The first-order chi connectivity index (χ1) is 15.2. The smallest absolute Gasteiger partial charge is 0.293 e. The van der Waals surface area contributed by atoms with Crippen LogP contribution in [0.25, 0.3) is 22.0 Å². The lowest BCUT2D eigenvalue weighted by Crippen LogP contribution is -2.44. The van der Waals surface area contributed by atoms with Crippen LogP contribution in [-0.2, 0) is 13.1 Å². The van der Waals surface area contributed by atoms with E-state index < -0.39 is 0 Å². The zero-order chi connectivity index (χ0) is 21.4. The minimum atomic E-state index is -0.234. The Labute approximate surface area is 178 Å². The predicted octanol–water partition coefficient (Wildman–Crippen LogP) is 1.73. The Morgan fingerprint density at radius 3 is 3.03 bits per heavy atom. The summed E-state index contributed by atoms with van der Waals surface area (Å²) in [6, 6.07) is 7.66. The van der Waals surface area contributed by atoms with E-state index in [1.807, 2.05) is 28.8 Å². The number of aromatic nitrogens is 5. The van der Waals surface area contributed by atoms with E-state index in [1.54, 1.807) is 13.1 Å². The topological polar surface area (TPSA) is 108 Å². The monoisotopic (exact) mass is 417 g/mol. The lowest BCUT2D eigenvalue weighted by atomic mass is 10.1. The zero-order valence-electron chi connectivity index (χ0n) is 17.3. The van der Waals surface area contributed by atoms with E-state index in [0.29, 0.717) is 35.4 Å². The predicted molar refractivity (Wildman–Crippen MR) is 118 cm³/mol. The molecule has 2 N–H and O–H groups in total. The number of imidazole rings is 1. The summed E-state index contributed by atoms with van der Waals surface area (Å²) in [4.78, 5) is 20.3. The van der Waals surface area contributed by atoms with Gasteiger partial charge >= 0.3 is 0 Å². The summed E-state index contributed by atoms with van der Waals surface area (Å²) in [5.74, 6) is 6.70. The molecule has 1 fully saturated rings. The molecule has 9 heteroatoms. The Morgan fingerprint density at radius 1 is 1.32 bits per heavy atom. The summed E-state index contributed by atoms with van der Waals surface area (Å²) in [6.45, 7) is 3.92. The van der Waals surface area contributed by atoms with Crippen molar-refractivity contribution in [1.29, 1.82) is 0 Å². The van der Waals surface area contributed by atoms with Gasteiger partial charge in [0.2, 0.25) is 5.95 Å². The summed E-state index contributed by atoms with van der Waals surface area (Å²) < 4.78 is 8.65. The number of hydrogen-bond acceptors (Lipinski definition) is 7. The number of nitrogens with zero attached hydrogens (tertiary/aromatic N) is 6. The third-order valence-corrected chi connectivity index (χ3v) is 5.64. The van der Waals surface area contributed by atoms with Crippen LogP contribution in [0.4, 0.5) is 5.95 Å². The molecule has 9 nitrogen and oxygen atoms in total. The van der Waals surface area contributed by atoms with Gasteiger partial charge in [-0.1, -0.05) is 23.2 Å². The van der Waals surface area contributed by atoms with Crippen molar-refractivity contribution >= 4 is 28.0 Å². The van der Waals surface area contributed by atoms with Gasteiger partial charge in [0.1, 0.15) is 16.7 Å². The highest BCUT2D eigenvalue weighted by Crippen LogP contribution is 2.23. The second kappa shape index (κ2) is 7.89. The van der Waals surface area contributed by atoms with Gasteiger partial charge < -0.3 is 15.2 Å². The highest BCUT2D eigenvalue weighted by molar-refractivity contribution is 5.79. The fourth-order valence-electron chi connectivity index (χ4n) is 4.12. The van der Waals surface area contributed by atoms with Gasteiger partial charge in [0.25, 0.3) is 5.56 Å². The number of rotatable bonds is 4. The molecule has 1 saturated heterocycles. The lowest BCUT2D eigenvalue weighted by Gasteiger charge is -2.31. The van der Waals surface area contributed by atoms with Crippen molar-refractivity contribution in [3.8, 4) is 11.8 Å². The van der Waals surface area contributed by atoms with Gasteiger partial charge in [-0.05, 0) is 31.9 Å². The summed E-state index contributed by atoms with van der Waals surface area (Å²) >= 11 is 0. The molecule has 0 bridgehead atoms. The fraction of sp³-hybridized carbons (Fsp3) is 0.364. The van der Waals surface area contributed by atoms with Crippen LogP contribution in [0.1, 0.15) is 25.5 Å². The fourth-order valence-corrected chi connectivity index (χ4v) is 4.12. The maximum absolute atomic E-state index is 13.4. The maximum Gasteiger partial charge on any atom is 0.293 e. The molecule has 0 aliphatic carbocycles. The van der Waals surface area contributed by atoms with E-state index >= 15 is 0 Å². The number of piperidine rings is 1. The van der Waals surface area contributed by atoms with E-state index in [4.69, 9.17) is 15.2 Å². The maximum atomic E-state index is 13.4. The van der Waals surface area contributed by atoms with Crippen molar-refractivity contribution in [3.63, 3.8) is 0 Å². The van der Waals surface area contributed by atoms with Gasteiger partial charge in [-0.3, -0.25) is 9.36 Å². The molecule has 3 aromatic heterocycles. The zero-order valence-corrected chi connectivity index (χ0v) is 17.3. The minimum Gasteiger partial charge on any atom is -0.356 e. The van der Waals surface area contributed by atoms with E-state index in [1.165, 1.54) is 4.68 Å². The van der Waals surface area contributed by atoms with E-state index in [0.717, 1.165) is 30.7 Å². The second-order valence-electron chi connectivity index (χ2n) is 7.74. The van der Waals surface area contributed by atoms with Crippen molar-refractivity contribution < 1.29 is 4.52 Å². The lowest BCUT2D eigenvalue weighted by molar-refractivity contribution is 0.439. The van der Waals surface area contributed by atoms with E-state index in [9.17, 15) is 4.79 Å². The molecular formula is C22H23N7O2. The molecule has 4 heterocycles. The van der Waals surface area contributed by atoms with Crippen molar-refractivity contribution in [2.45, 2.75) is 38.9 Å². The number of anilines is 1. The molecule has 158 valence electrons. The quantitative estimate of drug-likeness (QED) is 0.504. The van der Waals surface area contributed by atoms with Gasteiger partial charge in [-0.25, -0.2) is 9.67 Å². The van der Waals surface area contributed by atoms with Crippen LogP contribution in [0.15, 0.2) is 39.8 Å². The average molecular weight is 417 g/mol. The van der Waals surface area contributed by atoms with Gasteiger partial charge in [-0.2, -0.15) is 5.10 Å². The second-order valence-corrected chi connectivity index (χ2v) is 7.74. The minimum absolute atomic E-state index is 0.0921. The molecule has 0 unspecified atom stereocenters. The third-order valence-electron chi connectivity index (χ3n) is 5.64. The first kappa shape index (κ1) is 19.3. The number of benzene rings is 1. The Balaban J connectivity index is 1.61. The summed E-state index contributed by atoms with van der Waals surface area (Å²) in [7, 11) is 0. The van der Waals surface area contributed by atoms with Gasteiger partial charge in [0, 0.05) is 24.5 Å². The molecule has 0 radical (unpaired) electrons. The molecule has 31 heavy (non-hydrogen) atoms. The Kier molecular flexibility index (Phi) is 4.92. The van der Waals surface area contributed by atoms with Crippen molar-refractivity contribution in [3.05, 3.63) is 46.5 Å². The van der Waals surface area contributed by atoms with Gasteiger partial charge in [0.05, 0.1) is 19.3 Å². The molecule has 1 atom stereocenters. The van der Waals surface area contributed by atoms with Crippen molar-refractivity contribution in [2.24, 2.45) is 5.73 Å². The SMILES string of the molecule is CC#CCn1c(N2CCC[C@@H](N)C2)nc2cnn(Cc3noc4ccccc34)c(=O)c21. The molecule has 0 spiro atoms. The summed E-state index contributed by atoms with van der Waals surface area (Å²) in [5.41, 5.74) is 8.33. The molecular weight excluding hydrogens is 394 g/mol. The van der Waals surface area contributed by atoms with Crippen LogP contribution in [0.2, 0.25) is 0 Å². The number of fused-ring (bicyclic) bond motifs is 2. The molecule has 1 aliphatic rings. The van der Waals surface area contributed by atoms with Crippen LogP contribution in [0.5, 0.6) is 0 Å². The van der Waals surface area contributed by atoms with Crippen molar-refractivity contribution in [2.75, 3.05) is 18.0 Å². The van der Waals surface area contributed by atoms with Gasteiger partial charge in [0.15, 0.2) is 5.58 Å². The molecule has 0 saturated carbocycles. The van der Waals surface area contributed by atoms with Crippen LogP contribution in [0, 0.1) is 11.8 Å². The average Bonchev–Trinajstić information content (AvgIpc) is 3.36. The highest BCUT2D eigenvalue weighted by Gasteiger charge is 2.24. The molecule has 5 rings (SSSR count). The first-order valence-electron chi connectivity index (χ1n) is 10.4. The van der Waals surface area contributed by atoms with Crippen LogP contribution in [-0.4, -0.2) is 43.6 Å². The highest BCUT2D eigenvalue weighted by atomic mass is 16.5. The summed E-state index contributed by atoms with van der Waals surface area (Å²) in [6.07, 6.45) is 3.61. The van der Waals surface area contributed by atoms with Gasteiger partial charge in [-0.15, -0.1) is 5.92 Å². The third kappa shape index (κ3) is 3.45. The largest absolute Gasteiger partial charge is 0.356 e. The molecule has 0 amide bonds. The Bertz CT molecular complexity index is 1370.